The highest BCUT2D eigenvalue weighted by atomic mass is 16.4. The summed E-state index contributed by atoms with van der Waals surface area (Å²) in [5.41, 5.74) is -0.875. The highest BCUT2D eigenvalue weighted by Crippen LogP contribution is 2.38. The summed E-state index contributed by atoms with van der Waals surface area (Å²) in [6.45, 7) is 8.92. The fraction of sp³-hybridized carbons (Fsp3) is 0.667. The lowest BCUT2D eigenvalue weighted by Crippen LogP contribution is -2.45. The molecule has 0 saturated carbocycles. The van der Waals surface area contributed by atoms with Gasteiger partial charge in [0.2, 0.25) is 0 Å². The highest BCUT2D eigenvalue weighted by molar-refractivity contribution is 5.98. The Labute approximate surface area is 96.0 Å². The molecule has 0 fully saturated rings. The van der Waals surface area contributed by atoms with Gasteiger partial charge in [-0.1, -0.05) is 25.8 Å². The Kier molecular flexibility index (Phi) is 5.21. The highest BCUT2D eigenvalue weighted by Gasteiger charge is 2.50. The number of carbonyl (C=O) groups is 2. The minimum absolute atomic E-state index is 0.0868. The Balaban J connectivity index is 5.35. The minimum Gasteiger partial charge on any atom is -0.480 e. The van der Waals surface area contributed by atoms with E-state index in [1.807, 2.05) is 6.92 Å². The van der Waals surface area contributed by atoms with E-state index >= 15 is 0 Å². The summed E-state index contributed by atoms with van der Waals surface area (Å²) in [5, 5.41) is 18.4. The minimum atomic E-state index is -1.69. The molecule has 2 N–H and O–H groups in total. The summed E-state index contributed by atoms with van der Waals surface area (Å²) < 4.78 is 0. The van der Waals surface area contributed by atoms with E-state index < -0.39 is 23.3 Å². The summed E-state index contributed by atoms with van der Waals surface area (Å²) in [6, 6.07) is 0. The van der Waals surface area contributed by atoms with Gasteiger partial charge in [0.05, 0.1) is 0 Å². The van der Waals surface area contributed by atoms with Crippen LogP contribution in [0.1, 0.15) is 40.0 Å². The molecule has 4 nitrogen and oxygen atoms in total. The first kappa shape index (κ1) is 14.7. The van der Waals surface area contributed by atoms with E-state index in [1.54, 1.807) is 13.8 Å². The second-order valence-electron chi connectivity index (χ2n) is 4.20. The van der Waals surface area contributed by atoms with Gasteiger partial charge in [-0.25, -0.2) is 0 Å². The number of aliphatic carboxylic acids is 2. The van der Waals surface area contributed by atoms with Crippen LogP contribution in [0.2, 0.25) is 0 Å². The van der Waals surface area contributed by atoms with Crippen molar-refractivity contribution in [2.75, 3.05) is 0 Å². The zero-order valence-corrected chi connectivity index (χ0v) is 10.1. The van der Waals surface area contributed by atoms with Gasteiger partial charge in [-0.05, 0) is 25.7 Å². The number of hydrogen-bond donors (Lipinski definition) is 2. The van der Waals surface area contributed by atoms with E-state index in [0.29, 0.717) is 12.8 Å². The van der Waals surface area contributed by atoms with Crippen molar-refractivity contribution in [2.24, 2.45) is 11.3 Å². The number of hydrogen-bond acceptors (Lipinski definition) is 2. The van der Waals surface area contributed by atoms with Gasteiger partial charge in [0.15, 0.2) is 5.41 Å². The molecule has 0 heterocycles. The molecular weight excluding hydrogens is 208 g/mol. The fourth-order valence-electron chi connectivity index (χ4n) is 2.12. The van der Waals surface area contributed by atoms with E-state index in [1.165, 1.54) is 0 Å². The smallest absolute Gasteiger partial charge is 0.321 e. The van der Waals surface area contributed by atoms with Crippen LogP contribution in [0.5, 0.6) is 0 Å². The van der Waals surface area contributed by atoms with Crippen molar-refractivity contribution in [1.29, 1.82) is 0 Å². The molecule has 0 aliphatic carbocycles. The van der Waals surface area contributed by atoms with Crippen molar-refractivity contribution in [3.8, 4) is 0 Å². The molecule has 0 amide bonds. The van der Waals surface area contributed by atoms with Gasteiger partial charge in [-0.15, -0.1) is 6.58 Å². The molecule has 0 bridgehead atoms. The number of carboxylic acids is 2. The molecule has 0 rings (SSSR count). The SMILES string of the molecule is C=C(C)CC(CC)C(CC)(C(=O)O)C(=O)O. The molecule has 0 radical (unpaired) electrons. The van der Waals surface area contributed by atoms with Gasteiger partial charge in [-0.2, -0.15) is 0 Å². The lowest BCUT2D eigenvalue weighted by atomic mass is 9.69. The first-order valence-electron chi connectivity index (χ1n) is 5.44. The zero-order valence-electron chi connectivity index (χ0n) is 10.1. The lowest BCUT2D eigenvalue weighted by Gasteiger charge is -2.32. The van der Waals surface area contributed by atoms with Gasteiger partial charge in [0.1, 0.15) is 0 Å². The van der Waals surface area contributed by atoms with E-state index in [9.17, 15) is 19.8 Å². The van der Waals surface area contributed by atoms with Crippen LogP contribution in [-0.4, -0.2) is 22.2 Å². The molecule has 0 aliphatic rings. The van der Waals surface area contributed by atoms with Crippen LogP contribution in [0.4, 0.5) is 0 Å². The van der Waals surface area contributed by atoms with E-state index in [4.69, 9.17) is 0 Å². The van der Waals surface area contributed by atoms with Gasteiger partial charge < -0.3 is 10.2 Å². The molecule has 4 heteroatoms. The lowest BCUT2D eigenvalue weighted by molar-refractivity contribution is -0.170. The van der Waals surface area contributed by atoms with Crippen LogP contribution >= 0.6 is 0 Å². The van der Waals surface area contributed by atoms with Gasteiger partial charge in [0.25, 0.3) is 0 Å². The molecule has 0 aromatic carbocycles. The maximum Gasteiger partial charge on any atom is 0.321 e. The maximum atomic E-state index is 11.3. The Morgan fingerprint density at radius 1 is 1.25 bits per heavy atom. The van der Waals surface area contributed by atoms with Crippen LogP contribution in [0.3, 0.4) is 0 Å². The fourth-order valence-corrected chi connectivity index (χ4v) is 2.12. The van der Waals surface area contributed by atoms with Crippen LogP contribution in [0.15, 0.2) is 12.2 Å². The molecule has 0 aromatic heterocycles. The first-order valence-corrected chi connectivity index (χ1v) is 5.44. The first-order chi connectivity index (χ1) is 7.32. The maximum absolute atomic E-state index is 11.3. The quantitative estimate of drug-likeness (QED) is 0.518. The van der Waals surface area contributed by atoms with Gasteiger partial charge >= 0.3 is 11.9 Å². The number of carboxylic acid groups (broad SMARTS) is 2. The normalized spacial score (nSPS) is 13.2. The predicted molar refractivity (Wildman–Crippen MR) is 61.2 cm³/mol. The van der Waals surface area contributed by atoms with E-state index in [0.717, 1.165) is 5.57 Å². The topological polar surface area (TPSA) is 74.6 Å². The summed E-state index contributed by atoms with van der Waals surface area (Å²) >= 11 is 0. The standard InChI is InChI=1S/C12H20O4/c1-5-9(7-8(3)4)12(6-2,10(13)14)11(15)16/h9H,3,5-7H2,1-2,4H3,(H,13,14)(H,15,16). The third-order valence-electron chi connectivity index (χ3n) is 3.11. The Bertz CT molecular complexity index is 279. The molecule has 0 aliphatic heterocycles. The molecule has 16 heavy (non-hydrogen) atoms. The average molecular weight is 228 g/mol. The second-order valence-corrected chi connectivity index (χ2v) is 4.20. The van der Waals surface area contributed by atoms with Crippen LogP contribution in [-0.2, 0) is 9.59 Å². The summed E-state index contributed by atoms with van der Waals surface area (Å²) in [5.74, 6) is -2.92. The Morgan fingerprint density at radius 2 is 1.69 bits per heavy atom. The van der Waals surface area contributed by atoms with Crippen molar-refractivity contribution in [2.45, 2.75) is 40.0 Å². The van der Waals surface area contributed by atoms with Crippen LogP contribution in [0.25, 0.3) is 0 Å². The third kappa shape index (κ3) is 2.62. The van der Waals surface area contributed by atoms with Gasteiger partial charge in [0, 0.05) is 0 Å². The molecule has 92 valence electrons. The largest absolute Gasteiger partial charge is 0.480 e. The molecular formula is C12H20O4. The van der Waals surface area contributed by atoms with E-state index in [-0.39, 0.29) is 6.42 Å². The second kappa shape index (κ2) is 5.68. The molecule has 1 unspecified atom stereocenters. The van der Waals surface area contributed by atoms with Crippen LogP contribution in [0, 0.1) is 11.3 Å². The number of rotatable bonds is 7. The molecule has 0 aromatic rings. The summed E-state index contributed by atoms with van der Waals surface area (Å²) in [7, 11) is 0. The van der Waals surface area contributed by atoms with Crippen molar-refractivity contribution in [3.63, 3.8) is 0 Å². The van der Waals surface area contributed by atoms with E-state index in [2.05, 4.69) is 6.58 Å². The number of allylic oxidation sites excluding steroid dienone is 1. The zero-order chi connectivity index (χ0) is 12.9. The summed E-state index contributed by atoms with van der Waals surface area (Å²) in [4.78, 5) is 22.5. The molecule has 1 atom stereocenters. The average Bonchev–Trinajstić information content (AvgIpc) is 2.16. The Hall–Kier alpha value is -1.32. The third-order valence-corrected chi connectivity index (χ3v) is 3.11. The molecule has 0 spiro atoms. The van der Waals surface area contributed by atoms with Gasteiger partial charge in [-0.3, -0.25) is 9.59 Å². The van der Waals surface area contributed by atoms with Crippen LogP contribution < -0.4 is 0 Å². The summed E-state index contributed by atoms with van der Waals surface area (Å²) in [6.07, 6.45) is 1.03. The van der Waals surface area contributed by atoms with Crippen molar-refractivity contribution >= 4 is 11.9 Å². The van der Waals surface area contributed by atoms with Crippen molar-refractivity contribution < 1.29 is 19.8 Å². The molecule has 0 saturated heterocycles. The monoisotopic (exact) mass is 228 g/mol. The Morgan fingerprint density at radius 3 is 1.88 bits per heavy atom. The van der Waals surface area contributed by atoms with Crippen molar-refractivity contribution in [1.82, 2.24) is 0 Å². The predicted octanol–water partition coefficient (Wildman–Crippen LogP) is 2.54. The van der Waals surface area contributed by atoms with Crippen molar-refractivity contribution in [3.05, 3.63) is 12.2 Å².